The van der Waals surface area contributed by atoms with Gasteiger partial charge in [-0.3, -0.25) is 9.48 Å². The maximum atomic E-state index is 12.5. The van der Waals surface area contributed by atoms with Crippen molar-refractivity contribution < 1.29 is 9.90 Å². The van der Waals surface area contributed by atoms with Crippen LogP contribution in [0.4, 0.5) is 0 Å². The zero-order chi connectivity index (χ0) is 17.2. The molecule has 0 saturated heterocycles. The summed E-state index contributed by atoms with van der Waals surface area (Å²) in [5, 5.41) is 18.5. The fourth-order valence-electron chi connectivity index (χ4n) is 3.15. The van der Waals surface area contributed by atoms with E-state index in [1.165, 1.54) is 24.2 Å². The standard InChI is InChI=1S/C17H24N4O2S/c1-12-14(24-16(20-12)13-9-19-21(2)10-13)15(22)18-11-17(23)7-5-3-4-6-8-17/h9-10,23H,3-8,11H2,1-2H3,(H,18,22). The summed E-state index contributed by atoms with van der Waals surface area (Å²) in [7, 11) is 1.85. The Labute approximate surface area is 145 Å². The van der Waals surface area contributed by atoms with Crippen molar-refractivity contribution in [2.75, 3.05) is 6.54 Å². The van der Waals surface area contributed by atoms with Gasteiger partial charge in [0.15, 0.2) is 0 Å². The lowest BCUT2D eigenvalue weighted by molar-refractivity contribution is 0.0247. The Morgan fingerprint density at radius 3 is 2.71 bits per heavy atom. The molecule has 1 aliphatic rings. The Bertz CT molecular complexity index is 714. The van der Waals surface area contributed by atoms with Crippen LogP contribution in [0.5, 0.6) is 0 Å². The van der Waals surface area contributed by atoms with Crippen LogP contribution in [0.1, 0.15) is 53.9 Å². The highest BCUT2D eigenvalue weighted by Crippen LogP contribution is 2.29. The minimum absolute atomic E-state index is 0.155. The zero-order valence-electron chi connectivity index (χ0n) is 14.2. The van der Waals surface area contributed by atoms with E-state index >= 15 is 0 Å². The van der Waals surface area contributed by atoms with E-state index < -0.39 is 5.60 Å². The van der Waals surface area contributed by atoms with Crippen LogP contribution in [0, 0.1) is 6.92 Å². The summed E-state index contributed by atoms with van der Waals surface area (Å²) in [6.07, 6.45) is 9.53. The largest absolute Gasteiger partial charge is 0.388 e. The maximum absolute atomic E-state index is 12.5. The molecule has 2 N–H and O–H groups in total. The first-order valence-electron chi connectivity index (χ1n) is 8.44. The summed E-state index contributed by atoms with van der Waals surface area (Å²) < 4.78 is 1.72. The number of amides is 1. The predicted octanol–water partition coefficient (Wildman–Crippen LogP) is 2.67. The molecular weight excluding hydrogens is 324 g/mol. The van der Waals surface area contributed by atoms with E-state index in [-0.39, 0.29) is 5.91 Å². The average Bonchev–Trinajstić information content (AvgIpc) is 3.08. The lowest BCUT2D eigenvalue weighted by atomic mass is 9.94. The van der Waals surface area contributed by atoms with E-state index in [1.807, 2.05) is 20.2 Å². The van der Waals surface area contributed by atoms with Crippen LogP contribution in [0.2, 0.25) is 0 Å². The zero-order valence-corrected chi connectivity index (χ0v) is 15.0. The number of thiazole rings is 1. The maximum Gasteiger partial charge on any atom is 0.263 e. The van der Waals surface area contributed by atoms with Crippen LogP contribution in [0.25, 0.3) is 10.6 Å². The molecule has 0 spiro atoms. The smallest absolute Gasteiger partial charge is 0.263 e. The van der Waals surface area contributed by atoms with Crippen molar-refractivity contribution in [1.82, 2.24) is 20.1 Å². The Kier molecular flexibility index (Phi) is 5.01. The molecule has 7 heteroatoms. The van der Waals surface area contributed by atoms with Gasteiger partial charge in [0.25, 0.3) is 5.91 Å². The molecule has 2 heterocycles. The highest BCUT2D eigenvalue weighted by Gasteiger charge is 2.29. The van der Waals surface area contributed by atoms with Crippen molar-refractivity contribution in [3.05, 3.63) is 23.0 Å². The third-order valence-corrected chi connectivity index (χ3v) is 5.77. The average molecular weight is 348 g/mol. The van der Waals surface area contributed by atoms with Crippen LogP contribution in [0.3, 0.4) is 0 Å². The van der Waals surface area contributed by atoms with E-state index in [2.05, 4.69) is 15.4 Å². The second-order valence-corrected chi connectivity index (χ2v) is 7.66. The molecule has 0 unspecified atom stereocenters. The number of hydrogen-bond acceptors (Lipinski definition) is 5. The van der Waals surface area contributed by atoms with Gasteiger partial charge in [-0.25, -0.2) is 4.98 Å². The van der Waals surface area contributed by atoms with Crippen molar-refractivity contribution in [3.8, 4) is 10.6 Å². The number of hydrogen-bond donors (Lipinski definition) is 2. The fraction of sp³-hybridized carbons (Fsp3) is 0.588. The van der Waals surface area contributed by atoms with E-state index in [1.54, 1.807) is 10.9 Å². The van der Waals surface area contributed by atoms with Crippen molar-refractivity contribution in [2.24, 2.45) is 7.05 Å². The highest BCUT2D eigenvalue weighted by molar-refractivity contribution is 7.17. The first-order chi connectivity index (χ1) is 11.5. The number of aryl methyl sites for hydroxylation is 2. The van der Waals surface area contributed by atoms with Gasteiger partial charge in [-0.2, -0.15) is 5.10 Å². The molecule has 0 aliphatic heterocycles. The van der Waals surface area contributed by atoms with E-state index in [0.717, 1.165) is 36.3 Å². The number of carbonyl (C=O) groups is 1. The molecule has 6 nitrogen and oxygen atoms in total. The molecule has 3 rings (SSSR count). The Balaban J connectivity index is 1.68. The Morgan fingerprint density at radius 1 is 1.38 bits per heavy atom. The molecule has 1 saturated carbocycles. The number of aliphatic hydroxyl groups is 1. The summed E-state index contributed by atoms with van der Waals surface area (Å²) in [4.78, 5) is 17.6. The highest BCUT2D eigenvalue weighted by atomic mass is 32.1. The lowest BCUT2D eigenvalue weighted by Gasteiger charge is -2.26. The number of aromatic nitrogens is 3. The van der Waals surface area contributed by atoms with Crippen molar-refractivity contribution >= 4 is 17.2 Å². The predicted molar refractivity (Wildman–Crippen MR) is 94.0 cm³/mol. The molecular formula is C17H24N4O2S. The van der Waals surface area contributed by atoms with Gasteiger partial charge >= 0.3 is 0 Å². The normalized spacial score (nSPS) is 17.5. The van der Waals surface area contributed by atoms with Gasteiger partial charge in [-0.05, 0) is 19.8 Å². The molecule has 2 aromatic heterocycles. The van der Waals surface area contributed by atoms with Crippen LogP contribution in [0.15, 0.2) is 12.4 Å². The SMILES string of the molecule is Cc1nc(-c2cnn(C)c2)sc1C(=O)NCC1(O)CCCCCC1. The fourth-order valence-corrected chi connectivity index (χ4v) is 4.11. The Hall–Kier alpha value is -1.73. The van der Waals surface area contributed by atoms with Gasteiger partial charge in [0.1, 0.15) is 9.88 Å². The second-order valence-electron chi connectivity index (χ2n) is 6.66. The molecule has 0 atom stereocenters. The monoisotopic (exact) mass is 348 g/mol. The summed E-state index contributed by atoms with van der Waals surface area (Å²) in [6, 6.07) is 0. The number of carbonyl (C=O) groups excluding carboxylic acids is 1. The lowest BCUT2D eigenvalue weighted by Crippen LogP contribution is -2.42. The van der Waals surface area contributed by atoms with Gasteiger partial charge in [-0.15, -0.1) is 11.3 Å². The summed E-state index contributed by atoms with van der Waals surface area (Å²) >= 11 is 1.37. The first kappa shape index (κ1) is 17.1. The number of nitrogens with zero attached hydrogens (tertiary/aromatic N) is 3. The first-order valence-corrected chi connectivity index (χ1v) is 9.25. The van der Waals surface area contributed by atoms with Crippen molar-refractivity contribution in [3.63, 3.8) is 0 Å². The summed E-state index contributed by atoms with van der Waals surface area (Å²) in [5.41, 5.74) is 0.855. The Morgan fingerprint density at radius 2 is 2.08 bits per heavy atom. The molecule has 1 aliphatic carbocycles. The molecule has 130 valence electrons. The summed E-state index contributed by atoms with van der Waals surface area (Å²) in [6.45, 7) is 2.15. The third kappa shape index (κ3) is 3.84. The van der Waals surface area contributed by atoms with E-state index in [9.17, 15) is 9.90 Å². The molecule has 1 fully saturated rings. The van der Waals surface area contributed by atoms with Gasteiger partial charge in [0.2, 0.25) is 0 Å². The number of rotatable bonds is 4. The van der Waals surface area contributed by atoms with Crippen molar-refractivity contribution in [1.29, 1.82) is 0 Å². The van der Waals surface area contributed by atoms with Crippen LogP contribution in [-0.2, 0) is 7.05 Å². The quantitative estimate of drug-likeness (QED) is 0.833. The minimum Gasteiger partial charge on any atom is -0.388 e. The minimum atomic E-state index is -0.767. The van der Waals surface area contributed by atoms with Gasteiger partial charge < -0.3 is 10.4 Å². The number of nitrogens with one attached hydrogen (secondary N) is 1. The molecule has 2 aromatic rings. The second kappa shape index (κ2) is 7.03. The summed E-state index contributed by atoms with van der Waals surface area (Å²) in [5.74, 6) is -0.155. The topological polar surface area (TPSA) is 80.0 Å². The van der Waals surface area contributed by atoms with Crippen molar-refractivity contribution in [2.45, 2.75) is 51.0 Å². The molecule has 0 bridgehead atoms. The molecule has 0 aromatic carbocycles. The molecule has 1 amide bonds. The van der Waals surface area contributed by atoms with Gasteiger partial charge in [0.05, 0.1) is 17.5 Å². The van der Waals surface area contributed by atoms with Crippen LogP contribution < -0.4 is 5.32 Å². The third-order valence-electron chi connectivity index (χ3n) is 4.57. The van der Waals surface area contributed by atoms with E-state index in [4.69, 9.17) is 0 Å². The van der Waals surface area contributed by atoms with Crippen LogP contribution in [-0.4, -0.2) is 37.9 Å². The molecule has 24 heavy (non-hydrogen) atoms. The molecule has 0 radical (unpaired) electrons. The van der Waals surface area contributed by atoms with Crippen LogP contribution >= 0.6 is 11.3 Å². The van der Waals surface area contributed by atoms with Gasteiger partial charge in [-0.1, -0.05) is 25.7 Å². The van der Waals surface area contributed by atoms with Gasteiger partial charge in [0, 0.05) is 25.4 Å². The van der Waals surface area contributed by atoms with E-state index in [0.29, 0.717) is 17.1 Å².